The number of carbonyl (C=O) groups is 1. The number of furan rings is 2. The summed E-state index contributed by atoms with van der Waals surface area (Å²) in [5.74, 6) is -0.0923. The molecule has 0 amide bonds. The van der Waals surface area contributed by atoms with E-state index >= 15 is 0 Å². The highest BCUT2D eigenvalue weighted by Gasteiger charge is 2.24. The molecule has 9 heteroatoms. The molecule has 0 N–H and O–H groups in total. The maximum atomic E-state index is 13.2. The van der Waals surface area contributed by atoms with Crippen molar-refractivity contribution in [1.29, 1.82) is 0 Å². The molecule has 0 aliphatic heterocycles. The molecule has 2 heterocycles. The van der Waals surface area contributed by atoms with E-state index in [0.717, 1.165) is 0 Å². The first kappa shape index (κ1) is 18.8. The van der Waals surface area contributed by atoms with Crippen LogP contribution in [0.25, 0.3) is 22.6 Å². The Morgan fingerprint density at radius 1 is 0.700 bits per heavy atom. The fraction of sp³-hybridized carbons (Fsp3) is 0. The van der Waals surface area contributed by atoms with Gasteiger partial charge >= 0.3 is 0 Å². The Bertz CT molecular complexity index is 1190. The number of ketones is 1. The summed E-state index contributed by atoms with van der Waals surface area (Å²) in [6.07, 6.45) is 2.63. The molecule has 148 valence electrons. The van der Waals surface area contributed by atoms with Gasteiger partial charge in [-0.15, -0.1) is 0 Å². The van der Waals surface area contributed by atoms with Gasteiger partial charge in [-0.25, -0.2) is 0 Å². The van der Waals surface area contributed by atoms with Crippen LogP contribution in [0.15, 0.2) is 82.0 Å². The minimum absolute atomic E-state index is 0.136. The van der Waals surface area contributed by atoms with Crippen LogP contribution in [-0.4, -0.2) is 15.6 Å². The van der Waals surface area contributed by atoms with E-state index in [1.54, 1.807) is 12.1 Å². The van der Waals surface area contributed by atoms with E-state index in [1.807, 2.05) is 0 Å². The van der Waals surface area contributed by atoms with Gasteiger partial charge in [-0.05, 0) is 12.1 Å². The predicted octanol–water partition coefficient (Wildman–Crippen LogP) is 5.25. The zero-order valence-corrected chi connectivity index (χ0v) is 15.2. The van der Waals surface area contributed by atoms with Gasteiger partial charge in [-0.3, -0.25) is 25.0 Å². The topological polar surface area (TPSA) is 130 Å². The molecule has 0 aliphatic rings. The van der Waals surface area contributed by atoms with Crippen LogP contribution in [-0.2, 0) is 0 Å². The molecule has 2 aromatic heterocycles. The monoisotopic (exact) mass is 404 g/mol. The van der Waals surface area contributed by atoms with Gasteiger partial charge < -0.3 is 8.83 Å². The van der Waals surface area contributed by atoms with E-state index in [4.69, 9.17) is 8.83 Å². The Kier molecular flexibility index (Phi) is 4.69. The number of rotatable bonds is 6. The van der Waals surface area contributed by atoms with Crippen molar-refractivity contribution in [2.75, 3.05) is 0 Å². The van der Waals surface area contributed by atoms with Crippen molar-refractivity contribution in [2.24, 2.45) is 0 Å². The molecular weight excluding hydrogens is 392 g/mol. The highest BCUT2D eigenvalue weighted by Crippen LogP contribution is 2.33. The summed E-state index contributed by atoms with van der Waals surface area (Å²) in [4.78, 5) is 34.2. The van der Waals surface area contributed by atoms with Gasteiger partial charge in [0.25, 0.3) is 11.4 Å². The molecule has 0 saturated heterocycles. The second-order valence-corrected chi connectivity index (χ2v) is 6.27. The summed E-state index contributed by atoms with van der Waals surface area (Å²) in [6.45, 7) is 0. The molecule has 4 rings (SSSR count). The van der Waals surface area contributed by atoms with Gasteiger partial charge in [-0.2, -0.15) is 0 Å². The van der Waals surface area contributed by atoms with Crippen molar-refractivity contribution in [3.63, 3.8) is 0 Å². The molecule has 0 bridgehead atoms. The average Bonchev–Trinajstić information content (AvgIpc) is 3.43. The van der Waals surface area contributed by atoms with Gasteiger partial charge in [0.2, 0.25) is 5.78 Å². The maximum Gasteiger partial charge on any atom is 0.270 e. The van der Waals surface area contributed by atoms with Gasteiger partial charge in [-0.1, -0.05) is 24.3 Å². The number of hydrogen-bond donors (Lipinski definition) is 0. The molecule has 0 radical (unpaired) electrons. The van der Waals surface area contributed by atoms with Gasteiger partial charge in [0.1, 0.15) is 11.5 Å². The molecule has 0 saturated carbocycles. The minimum Gasteiger partial charge on any atom is -0.464 e. The molecule has 4 aromatic rings. The van der Waals surface area contributed by atoms with Gasteiger partial charge in [0.15, 0.2) is 0 Å². The molecule has 9 nitrogen and oxygen atoms in total. The molecule has 0 fully saturated rings. The zero-order valence-electron chi connectivity index (χ0n) is 15.2. The van der Waals surface area contributed by atoms with Gasteiger partial charge in [0.05, 0.1) is 33.5 Å². The lowest BCUT2D eigenvalue weighted by Gasteiger charge is -2.04. The Morgan fingerprint density at radius 3 is 1.53 bits per heavy atom. The third kappa shape index (κ3) is 3.35. The van der Waals surface area contributed by atoms with Crippen LogP contribution in [0.2, 0.25) is 0 Å². The first-order valence-electron chi connectivity index (χ1n) is 8.65. The summed E-state index contributed by atoms with van der Waals surface area (Å²) in [6, 6.07) is 14.4. The summed E-state index contributed by atoms with van der Waals surface area (Å²) in [5, 5.41) is 22.1. The van der Waals surface area contributed by atoms with E-state index < -0.39 is 15.6 Å². The minimum atomic E-state index is -0.537. The molecular formula is C21H12N2O7. The number of benzene rings is 2. The fourth-order valence-corrected chi connectivity index (χ4v) is 3.09. The number of nitro benzene ring substituents is 2. The van der Waals surface area contributed by atoms with Crippen molar-refractivity contribution in [3.05, 3.63) is 105 Å². The number of nitro groups is 2. The highest BCUT2D eigenvalue weighted by molar-refractivity contribution is 6.15. The van der Waals surface area contributed by atoms with E-state index in [1.165, 1.54) is 61.1 Å². The van der Waals surface area contributed by atoms with Crippen LogP contribution >= 0.6 is 0 Å². The smallest absolute Gasteiger partial charge is 0.270 e. The molecule has 0 aliphatic carbocycles. The lowest BCUT2D eigenvalue weighted by molar-refractivity contribution is -0.385. The largest absolute Gasteiger partial charge is 0.464 e. The average molecular weight is 404 g/mol. The normalized spacial score (nSPS) is 10.7. The predicted molar refractivity (Wildman–Crippen MR) is 105 cm³/mol. The van der Waals surface area contributed by atoms with Crippen LogP contribution in [0.3, 0.4) is 0 Å². The second-order valence-electron chi connectivity index (χ2n) is 6.27. The lowest BCUT2D eigenvalue weighted by atomic mass is 9.98. The molecule has 0 atom stereocenters. The molecule has 0 unspecified atom stereocenters. The number of nitrogens with zero attached hydrogens (tertiary/aromatic N) is 2. The Morgan fingerprint density at radius 2 is 1.13 bits per heavy atom. The Labute approximate surface area is 168 Å². The van der Waals surface area contributed by atoms with Crippen LogP contribution in [0.5, 0.6) is 0 Å². The second kappa shape index (κ2) is 7.47. The third-order valence-electron chi connectivity index (χ3n) is 4.46. The van der Waals surface area contributed by atoms with Crippen molar-refractivity contribution in [3.8, 4) is 22.6 Å². The highest BCUT2D eigenvalue weighted by atomic mass is 16.6. The molecule has 0 spiro atoms. The molecule has 2 aromatic carbocycles. The fourth-order valence-electron chi connectivity index (χ4n) is 3.09. The van der Waals surface area contributed by atoms with E-state index in [0.29, 0.717) is 11.1 Å². The summed E-state index contributed by atoms with van der Waals surface area (Å²) in [5.41, 5.74) is 0.842. The third-order valence-corrected chi connectivity index (χ3v) is 4.46. The lowest BCUT2D eigenvalue weighted by Crippen LogP contribution is -2.02. The van der Waals surface area contributed by atoms with Crippen LogP contribution < -0.4 is 0 Å². The number of carbonyl (C=O) groups excluding carboxylic acids is 1. The van der Waals surface area contributed by atoms with Crippen molar-refractivity contribution in [1.82, 2.24) is 0 Å². The number of hydrogen-bond acceptors (Lipinski definition) is 7. The van der Waals surface area contributed by atoms with E-state index in [9.17, 15) is 25.0 Å². The first-order valence-corrected chi connectivity index (χ1v) is 8.65. The van der Waals surface area contributed by atoms with Crippen molar-refractivity contribution in [2.45, 2.75) is 0 Å². The van der Waals surface area contributed by atoms with Crippen LogP contribution in [0.1, 0.15) is 15.9 Å². The summed E-state index contributed by atoms with van der Waals surface area (Å²) < 4.78 is 10.9. The van der Waals surface area contributed by atoms with Crippen LogP contribution in [0.4, 0.5) is 11.4 Å². The zero-order chi connectivity index (χ0) is 21.3. The standard InChI is InChI=1S/C21H12N2O7/c24-19(17-7-9-29-20(17)13-3-1-5-15(11-13)22(25)26)18-8-10-30-21(18)14-4-2-6-16(12-14)23(27)28/h1-12H. The Hall–Kier alpha value is -4.53. The van der Waals surface area contributed by atoms with E-state index in [2.05, 4.69) is 0 Å². The maximum absolute atomic E-state index is 13.2. The van der Waals surface area contributed by atoms with Crippen molar-refractivity contribution < 1.29 is 23.5 Å². The van der Waals surface area contributed by atoms with Gasteiger partial charge in [0, 0.05) is 35.4 Å². The van der Waals surface area contributed by atoms with Crippen molar-refractivity contribution >= 4 is 17.2 Å². The van der Waals surface area contributed by atoms with E-state index in [-0.39, 0.29) is 34.0 Å². The number of non-ortho nitro benzene ring substituents is 2. The Balaban J connectivity index is 1.76. The molecule has 30 heavy (non-hydrogen) atoms. The quantitative estimate of drug-likeness (QED) is 0.243. The first-order chi connectivity index (χ1) is 14.5. The summed E-state index contributed by atoms with van der Waals surface area (Å²) >= 11 is 0. The van der Waals surface area contributed by atoms with Crippen LogP contribution in [0, 0.1) is 20.2 Å². The SMILES string of the molecule is O=C(c1ccoc1-c1cccc([N+](=O)[O-])c1)c1ccoc1-c1cccc([N+](=O)[O-])c1. The summed E-state index contributed by atoms with van der Waals surface area (Å²) in [7, 11) is 0.